The molecule has 0 saturated carbocycles. The summed E-state index contributed by atoms with van der Waals surface area (Å²) in [5.41, 5.74) is 0.869. The fraction of sp³-hybridized carbons (Fsp3) is 0.412. The summed E-state index contributed by atoms with van der Waals surface area (Å²) in [6, 6.07) is 4.05. The van der Waals surface area contributed by atoms with Gasteiger partial charge in [-0.15, -0.1) is 0 Å². The Labute approximate surface area is 140 Å². The van der Waals surface area contributed by atoms with Crippen molar-refractivity contribution in [2.24, 2.45) is 0 Å². The zero-order valence-corrected chi connectivity index (χ0v) is 13.7. The van der Waals surface area contributed by atoms with Gasteiger partial charge in [-0.25, -0.2) is 9.97 Å². The van der Waals surface area contributed by atoms with E-state index in [0.29, 0.717) is 18.3 Å². The summed E-state index contributed by atoms with van der Waals surface area (Å²) in [4.78, 5) is 15.5. The molecule has 0 bridgehead atoms. The highest BCUT2D eigenvalue weighted by molar-refractivity contribution is 5.55. The lowest BCUT2D eigenvalue weighted by molar-refractivity contribution is 0.370. The lowest BCUT2D eigenvalue weighted by atomic mass is 10.1. The number of aromatic nitrogens is 5. The Morgan fingerprint density at radius 2 is 2.00 bits per heavy atom. The van der Waals surface area contributed by atoms with Gasteiger partial charge in [0.25, 0.3) is 0 Å². The summed E-state index contributed by atoms with van der Waals surface area (Å²) in [5.74, 6) is 3.07. The highest BCUT2D eigenvalue weighted by Gasteiger charge is 2.14. The van der Waals surface area contributed by atoms with Crippen LogP contribution in [0.2, 0.25) is 0 Å². The molecule has 0 spiro atoms. The van der Waals surface area contributed by atoms with E-state index in [-0.39, 0.29) is 0 Å². The highest BCUT2D eigenvalue weighted by atomic mass is 16.5. The fourth-order valence-corrected chi connectivity index (χ4v) is 2.98. The van der Waals surface area contributed by atoms with Gasteiger partial charge in [0.2, 0.25) is 11.7 Å². The first-order chi connectivity index (χ1) is 11.8. The van der Waals surface area contributed by atoms with Crippen LogP contribution in [-0.4, -0.2) is 37.8 Å². The molecule has 3 aromatic rings. The van der Waals surface area contributed by atoms with Crippen LogP contribution in [0.1, 0.15) is 31.0 Å². The Morgan fingerprint density at radius 1 is 1.12 bits per heavy atom. The molecule has 124 valence electrons. The Balaban J connectivity index is 1.49. The molecule has 7 heteroatoms. The molecule has 1 aliphatic heterocycles. The number of hydrogen-bond acceptors (Lipinski definition) is 6. The molecule has 0 amide bonds. The maximum Gasteiger partial charge on any atom is 0.246 e. The number of hydrogen-bond donors (Lipinski definition) is 0. The number of nitrogens with zero attached hydrogens (tertiary/aromatic N) is 6. The summed E-state index contributed by atoms with van der Waals surface area (Å²) in [6.07, 6.45) is 9.28. The highest BCUT2D eigenvalue weighted by Crippen LogP contribution is 2.21. The molecule has 1 aliphatic rings. The summed E-state index contributed by atoms with van der Waals surface area (Å²) >= 11 is 0. The average molecular weight is 324 g/mol. The lowest BCUT2D eigenvalue weighted by Crippen LogP contribution is -2.29. The molecule has 0 aliphatic carbocycles. The van der Waals surface area contributed by atoms with Crippen LogP contribution in [0.4, 0.5) is 5.82 Å². The Morgan fingerprint density at radius 3 is 2.71 bits per heavy atom. The van der Waals surface area contributed by atoms with Gasteiger partial charge in [0.1, 0.15) is 18.2 Å². The monoisotopic (exact) mass is 324 g/mol. The standard InChI is InChI=1S/C17H20N6O/c1-13-18-7-10-23(13)12-16-20-17(21-24-16)14-5-6-15(19-11-14)22-8-3-2-4-9-22/h5-7,10-11H,2-4,8-9,12H2,1H3. The molecule has 0 aromatic carbocycles. The molecule has 24 heavy (non-hydrogen) atoms. The molecule has 0 atom stereocenters. The smallest absolute Gasteiger partial charge is 0.246 e. The Hall–Kier alpha value is -2.70. The largest absolute Gasteiger partial charge is 0.357 e. The Kier molecular flexibility index (Phi) is 3.98. The minimum atomic E-state index is 0.526. The second-order valence-electron chi connectivity index (χ2n) is 6.07. The van der Waals surface area contributed by atoms with Crippen LogP contribution in [0.15, 0.2) is 35.2 Å². The van der Waals surface area contributed by atoms with Crippen LogP contribution >= 0.6 is 0 Å². The van der Waals surface area contributed by atoms with E-state index < -0.39 is 0 Å². The van der Waals surface area contributed by atoms with Crippen molar-refractivity contribution in [2.45, 2.75) is 32.7 Å². The lowest BCUT2D eigenvalue weighted by Gasteiger charge is -2.27. The number of imidazole rings is 1. The van der Waals surface area contributed by atoms with Crippen LogP contribution in [0.25, 0.3) is 11.4 Å². The summed E-state index contributed by atoms with van der Waals surface area (Å²) in [6.45, 7) is 4.64. The molecule has 4 rings (SSSR count). The van der Waals surface area contributed by atoms with Crippen molar-refractivity contribution in [1.82, 2.24) is 24.7 Å². The van der Waals surface area contributed by atoms with E-state index in [1.54, 1.807) is 6.20 Å². The maximum atomic E-state index is 5.35. The quantitative estimate of drug-likeness (QED) is 0.734. The minimum absolute atomic E-state index is 0.526. The molecular formula is C17H20N6O. The van der Waals surface area contributed by atoms with Crippen LogP contribution < -0.4 is 4.90 Å². The van der Waals surface area contributed by atoms with Crippen LogP contribution in [0.3, 0.4) is 0 Å². The van der Waals surface area contributed by atoms with Crippen molar-refractivity contribution in [3.63, 3.8) is 0 Å². The summed E-state index contributed by atoms with van der Waals surface area (Å²) < 4.78 is 7.31. The average Bonchev–Trinajstić information content (AvgIpc) is 3.26. The van der Waals surface area contributed by atoms with Gasteiger partial charge in [-0.2, -0.15) is 4.98 Å². The van der Waals surface area contributed by atoms with E-state index in [2.05, 4.69) is 25.0 Å². The van der Waals surface area contributed by atoms with Crippen LogP contribution in [0.5, 0.6) is 0 Å². The predicted octanol–water partition coefficient (Wildman–Crippen LogP) is 2.68. The van der Waals surface area contributed by atoms with E-state index in [0.717, 1.165) is 30.3 Å². The first-order valence-corrected chi connectivity index (χ1v) is 8.31. The molecule has 1 saturated heterocycles. The maximum absolute atomic E-state index is 5.35. The molecular weight excluding hydrogens is 304 g/mol. The van der Waals surface area contributed by atoms with Gasteiger partial charge < -0.3 is 14.0 Å². The number of piperidine rings is 1. The predicted molar refractivity (Wildman–Crippen MR) is 89.7 cm³/mol. The fourth-order valence-electron chi connectivity index (χ4n) is 2.98. The SMILES string of the molecule is Cc1nccn1Cc1nc(-c2ccc(N3CCCCC3)nc2)no1. The van der Waals surface area contributed by atoms with Gasteiger partial charge in [-0.1, -0.05) is 5.16 Å². The van der Waals surface area contributed by atoms with E-state index >= 15 is 0 Å². The zero-order chi connectivity index (χ0) is 16.4. The zero-order valence-electron chi connectivity index (χ0n) is 13.7. The van der Waals surface area contributed by atoms with E-state index in [1.807, 2.05) is 36.0 Å². The third-order valence-electron chi connectivity index (χ3n) is 4.38. The first-order valence-electron chi connectivity index (χ1n) is 8.31. The molecule has 1 fully saturated rings. The summed E-state index contributed by atoms with van der Waals surface area (Å²) in [7, 11) is 0. The number of aryl methyl sites for hydroxylation is 1. The van der Waals surface area contributed by atoms with Gasteiger partial charge in [-0.05, 0) is 38.3 Å². The van der Waals surface area contributed by atoms with Gasteiger partial charge >= 0.3 is 0 Å². The van der Waals surface area contributed by atoms with E-state index in [4.69, 9.17) is 4.52 Å². The minimum Gasteiger partial charge on any atom is -0.357 e. The van der Waals surface area contributed by atoms with Crippen molar-refractivity contribution in [3.8, 4) is 11.4 Å². The second kappa shape index (κ2) is 6.43. The summed E-state index contributed by atoms with van der Waals surface area (Å²) in [5, 5.41) is 4.07. The molecule has 4 heterocycles. The van der Waals surface area contributed by atoms with Gasteiger partial charge in [-0.3, -0.25) is 0 Å². The third kappa shape index (κ3) is 3.02. The van der Waals surface area contributed by atoms with Gasteiger partial charge in [0.05, 0.1) is 0 Å². The van der Waals surface area contributed by atoms with Crippen molar-refractivity contribution >= 4 is 5.82 Å². The van der Waals surface area contributed by atoms with Gasteiger partial charge in [0.15, 0.2) is 0 Å². The number of pyridine rings is 1. The molecule has 7 nitrogen and oxygen atoms in total. The van der Waals surface area contributed by atoms with Crippen LogP contribution in [-0.2, 0) is 6.54 Å². The van der Waals surface area contributed by atoms with Crippen molar-refractivity contribution in [2.75, 3.05) is 18.0 Å². The van der Waals surface area contributed by atoms with E-state index in [9.17, 15) is 0 Å². The second-order valence-corrected chi connectivity index (χ2v) is 6.07. The molecule has 0 radical (unpaired) electrons. The topological polar surface area (TPSA) is 72.9 Å². The van der Waals surface area contributed by atoms with Crippen LogP contribution in [0, 0.1) is 6.92 Å². The van der Waals surface area contributed by atoms with Crippen molar-refractivity contribution in [3.05, 3.63) is 42.4 Å². The number of rotatable bonds is 4. The Bertz CT molecular complexity index is 801. The van der Waals surface area contributed by atoms with Gasteiger partial charge in [0, 0.05) is 37.2 Å². The van der Waals surface area contributed by atoms with Crippen molar-refractivity contribution in [1.29, 1.82) is 0 Å². The first kappa shape index (κ1) is 14.9. The number of anilines is 1. The van der Waals surface area contributed by atoms with E-state index in [1.165, 1.54) is 19.3 Å². The molecule has 3 aromatic heterocycles. The third-order valence-corrected chi connectivity index (χ3v) is 4.38. The molecule has 0 unspecified atom stereocenters. The molecule has 0 N–H and O–H groups in total. The van der Waals surface area contributed by atoms with Crippen molar-refractivity contribution < 1.29 is 4.52 Å². The normalized spacial score (nSPS) is 15.0.